The molecule has 0 saturated heterocycles. The van der Waals surface area contributed by atoms with Crippen molar-refractivity contribution in [1.29, 1.82) is 0 Å². The van der Waals surface area contributed by atoms with Crippen molar-refractivity contribution in [3.8, 4) is 22.2 Å². The number of thiophene rings is 1. The van der Waals surface area contributed by atoms with Gasteiger partial charge in [0.25, 0.3) is 11.4 Å². The van der Waals surface area contributed by atoms with Gasteiger partial charge in [-0.2, -0.15) is 4.98 Å². The van der Waals surface area contributed by atoms with Crippen LogP contribution in [0.15, 0.2) is 64.2 Å². The molecule has 2 aromatic carbocycles. The van der Waals surface area contributed by atoms with Crippen molar-refractivity contribution < 1.29 is 13.7 Å². The van der Waals surface area contributed by atoms with Gasteiger partial charge in [-0.15, -0.1) is 11.3 Å². The highest BCUT2D eigenvalue weighted by Gasteiger charge is 2.21. The van der Waals surface area contributed by atoms with E-state index in [4.69, 9.17) is 16.1 Å². The zero-order chi connectivity index (χ0) is 23.8. The number of benzene rings is 2. The monoisotopic (exact) mass is 495 g/mol. The number of amides is 1. The molecular formula is C23H15ClFN5O3S. The highest BCUT2D eigenvalue weighted by atomic mass is 35.5. The maximum absolute atomic E-state index is 13.1. The summed E-state index contributed by atoms with van der Waals surface area (Å²) in [5, 5.41) is 7.63. The van der Waals surface area contributed by atoms with Crippen LogP contribution in [0.3, 0.4) is 0 Å². The largest absolute Gasteiger partial charge is 0.333 e. The predicted octanol–water partition coefficient (Wildman–Crippen LogP) is 4.91. The Morgan fingerprint density at radius 1 is 1.18 bits per heavy atom. The predicted molar refractivity (Wildman–Crippen MR) is 127 cm³/mol. The van der Waals surface area contributed by atoms with Gasteiger partial charge in [0.15, 0.2) is 0 Å². The minimum absolute atomic E-state index is 0.245. The lowest BCUT2D eigenvalue weighted by molar-refractivity contribution is -0.116. The maximum atomic E-state index is 13.1. The third kappa shape index (κ3) is 4.20. The van der Waals surface area contributed by atoms with E-state index >= 15 is 0 Å². The van der Waals surface area contributed by atoms with Crippen LogP contribution in [0.2, 0.25) is 5.02 Å². The standard InChI is InChI=1S/C23H15ClFN5O3S/c1-12-18-22(34-19(12)21-28-20(29-33-21)13-2-4-14(24)5-3-13)26-11-30(23(18)32)10-17(31)27-16-8-6-15(25)7-9-16/h2-9,11H,10H2,1H3,(H,27,31). The van der Waals surface area contributed by atoms with Crippen molar-refractivity contribution in [3.05, 3.63) is 81.6 Å². The Hall–Kier alpha value is -3.89. The Bertz CT molecular complexity index is 1580. The number of hydrogen-bond acceptors (Lipinski definition) is 7. The third-order valence-electron chi connectivity index (χ3n) is 5.08. The zero-order valence-electron chi connectivity index (χ0n) is 17.6. The molecule has 5 aromatic rings. The fourth-order valence-corrected chi connectivity index (χ4v) is 4.58. The van der Waals surface area contributed by atoms with Crippen LogP contribution in [0.4, 0.5) is 10.1 Å². The van der Waals surface area contributed by atoms with Gasteiger partial charge in [0.05, 0.1) is 16.6 Å². The molecule has 1 N–H and O–H groups in total. The van der Waals surface area contributed by atoms with Gasteiger partial charge in [-0.25, -0.2) is 9.37 Å². The summed E-state index contributed by atoms with van der Waals surface area (Å²) in [6.07, 6.45) is 1.32. The van der Waals surface area contributed by atoms with Crippen LogP contribution in [0.5, 0.6) is 0 Å². The molecule has 0 spiro atoms. The minimum Gasteiger partial charge on any atom is -0.333 e. The molecular weight excluding hydrogens is 481 g/mol. The Balaban J connectivity index is 1.43. The molecule has 0 aliphatic heterocycles. The van der Waals surface area contributed by atoms with Crippen molar-refractivity contribution in [3.63, 3.8) is 0 Å². The fourth-order valence-electron chi connectivity index (χ4n) is 3.40. The molecule has 11 heteroatoms. The van der Waals surface area contributed by atoms with E-state index in [1.165, 1.54) is 46.5 Å². The van der Waals surface area contributed by atoms with E-state index < -0.39 is 11.7 Å². The second kappa shape index (κ2) is 8.81. The number of nitrogens with one attached hydrogen (secondary N) is 1. The van der Waals surface area contributed by atoms with E-state index in [1.807, 2.05) is 0 Å². The first-order valence-electron chi connectivity index (χ1n) is 10.0. The van der Waals surface area contributed by atoms with Gasteiger partial charge >= 0.3 is 0 Å². The van der Waals surface area contributed by atoms with E-state index in [-0.39, 0.29) is 18.0 Å². The summed E-state index contributed by atoms with van der Waals surface area (Å²) in [7, 11) is 0. The number of hydrogen-bond donors (Lipinski definition) is 1. The normalized spacial score (nSPS) is 11.1. The summed E-state index contributed by atoms with van der Waals surface area (Å²) in [5.41, 5.74) is 1.44. The Kier molecular flexibility index (Phi) is 5.68. The summed E-state index contributed by atoms with van der Waals surface area (Å²) in [6, 6.07) is 12.4. The Morgan fingerprint density at radius 2 is 1.91 bits per heavy atom. The van der Waals surface area contributed by atoms with Crippen LogP contribution < -0.4 is 10.9 Å². The topological polar surface area (TPSA) is 103 Å². The number of carbonyl (C=O) groups excluding carboxylic acids is 1. The number of anilines is 1. The summed E-state index contributed by atoms with van der Waals surface area (Å²) >= 11 is 7.19. The molecule has 170 valence electrons. The minimum atomic E-state index is -0.438. The number of fused-ring (bicyclic) bond motifs is 1. The first-order valence-corrected chi connectivity index (χ1v) is 11.2. The lowest BCUT2D eigenvalue weighted by Gasteiger charge is -2.07. The molecule has 0 unspecified atom stereocenters. The quantitative estimate of drug-likeness (QED) is 0.371. The molecule has 3 aromatic heterocycles. The number of rotatable bonds is 5. The Morgan fingerprint density at radius 3 is 2.65 bits per heavy atom. The lowest BCUT2D eigenvalue weighted by atomic mass is 10.2. The number of nitrogens with zero attached hydrogens (tertiary/aromatic N) is 4. The molecule has 5 rings (SSSR count). The molecule has 0 atom stereocenters. The molecule has 34 heavy (non-hydrogen) atoms. The highest BCUT2D eigenvalue weighted by molar-refractivity contribution is 7.22. The van der Waals surface area contributed by atoms with E-state index in [0.717, 1.165) is 5.56 Å². The van der Waals surface area contributed by atoms with Gasteiger partial charge in [0, 0.05) is 16.3 Å². The van der Waals surface area contributed by atoms with Crippen LogP contribution in [-0.2, 0) is 11.3 Å². The number of halogens is 2. The summed E-state index contributed by atoms with van der Waals surface area (Å²) < 4.78 is 19.7. The molecule has 0 aliphatic rings. The molecule has 1 amide bonds. The zero-order valence-corrected chi connectivity index (χ0v) is 19.2. The van der Waals surface area contributed by atoms with Gasteiger partial charge in [-0.05, 0) is 61.0 Å². The second-order valence-corrected chi connectivity index (χ2v) is 8.83. The molecule has 0 fully saturated rings. The van der Waals surface area contributed by atoms with Gasteiger partial charge < -0.3 is 9.84 Å². The van der Waals surface area contributed by atoms with Crippen LogP contribution >= 0.6 is 22.9 Å². The summed E-state index contributed by atoms with van der Waals surface area (Å²) in [6.45, 7) is 1.53. The smallest absolute Gasteiger partial charge is 0.268 e. The molecule has 0 radical (unpaired) electrons. The molecule has 0 bridgehead atoms. The van der Waals surface area contributed by atoms with Crippen molar-refractivity contribution in [1.82, 2.24) is 19.7 Å². The second-order valence-electron chi connectivity index (χ2n) is 7.40. The average Bonchev–Trinajstić information content (AvgIpc) is 3.43. The van der Waals surface area contributed by atoms with Gasteiger partial charge in [-0.1, -0.05) is 16.8 Å². The van der Waals surface area contributed by atoms with Crippen LogP contribution in [0.1, 0.15) is 5.56 Å². The molecule has 0 saturated carbocycles. The first-order chi connectivity index (χ1) is 16.4. The Labute approximate surface area is 200 Å². The highest BCUT2D eigenvalue weighted by Crippen LogP contribution is 2.35. The van der Waals surface area contributed by atoms with Crippen LogP contribution in [0, 0.1) is 12.7 Å². The third-order valence-corrected chi connectivity index (χ3v) is 6.52. The van der Waals surface area contributed by atoms with Crippen LogP contribution in [0.25, 0.3) is 32.4 Å². The van der Waals surface area contributed by atoms with Crippen LogP contribution in [-0.4, -0.2) is 25.6 Å². The molecule has 3 heterocycles. The number of carbonyl (C=O) groups is 1. The van der Waals surface area contributed by atoms with E-state index in [9.17, 15) is 14.0 Å². The average molecular weight is 496 g/mol. The van der Waals surface area contributed by atoms with Crippen molar-refractivity contribution in [2.24, 2.45) is 0 Å². The van der Waals surface area contributed by atoms with Gasteiger partial charge in [-0.3, -0.25) is 14.2 Å². The van der Waals surface area contributed by atoms with E-state index in [1.54, 1.807) is 31.2 Å². The van der Waals surface area contributed by atoms with E-state index in [2.05, 4.69) is 20.4 Å². The molecule has 8 nitrogen and oxygen atoms in total. The first kappa shape index (κ1) is 21.9. The number of aryl methyl sites for hydroxylation is 1. The van der Waals surface area contributed by atoms with Crippen molar-refractivity contribution in [2.75, 3.05) is 5.32 Å². The SMILES string of the molecule is Cc1c(-c2nc(-c3ccc(Cl)cc3)no2)sc2ncn(CC(=O)Nc3ccc(F)cc3)c(=O)c12. The molecule has 0 aliphatic carbocycles. The van der Waals surface area contributed by atoms with Crippen molar-refractivity contribution in [2.45, 2.75) is 13.5 Å². The van der Waals surface area contributed by atoms with Crippen molar-refractivity contribution >= 4 is 44.7 Å². The summed E-state index contributed by atoms with van der Waals surface area (Å²) in [4.78, 5) is 35.4. The number of aromatic nitrogens is 4. The fraction of sp³-hybridized carbons (Fsp3) is 0.0870. The van der Waals surface area contributed by atoms with E-state index in [0.29, 0.717) is 37.2 Å². The van der Waals surface area contributed by atoms with Gasteiger partial charge in [0.2, 0.25) is 11.7 Å². The van der Waals surface area contributed by atoms with Gasteiger partial charge in [0.1, 0.15) is 17.2 Å². The maximum Gasteiger partial charge on any atom is 0.268 e. The summed E-state index contributed by atoms with van der Waals surface area (Å²) in [5.74, 6) is -0.182. The lowest BCUT2D eigenvalue weighted by Crippen LogP contribution is -2.27.